The summed E-state index contributed by atoms with van der Waals surface area (Å²) in [7, 11) is 0. The first-order valence-electron chi connectivity index (χ1n) is 7.23. The summed E-state index contributed by atoms with van der Waals surface area (Å²) in [5.74, 6) is 0.228. The number of aromatic nitrogens is 3. The van der Waals surface area contributed by atoms with Crippen LogP contribution in [0.5, 0.6) is 0 Å². The van der Waals surface area contributed by atoms with Gasteiger partial charge >= 0.3 is 0 Å². The van der Waals surface area contributed by atoms with Crippen LogP contribution in [0.15, 0.2) is 18.5 Å². The van der Waals surface area contributed by atoms with E-state index in [2.05, 4.69) is 20.5 Å². The van der Waals surface area contributed by atoms with E-state index in [9.17, 15) is 9.59 Å². The number of aromatic amines is 1. The Labute approximate surface area is 129 Å². The molecule has 0 radical (unpaired) electrons. The molecule has 22 heavy (non-hydrogen) atoms. The van der Waals surface area contributed by atoms with Crippen molar-refractivity contribution in [2.24, 2.45) is 0 Å². The number of carbonyl (C=O) groups is 2. The summed E-state index contributed by atoms with van der Waals surface area (Å²) in [5, 5.41) is 8.78. The lowest BCUT2D eigenvalue weighted by Crippen LogP contribution is -2.13. The first kappa shape index (κ1) is 15.9. The molecule has 1 heterocycles. The standard InChI is InChI=1S/C16H20N4O2/c1-10-7-11(2)15(12(3)8-10)13(21)5-4-6-14(22)19-16-17-9-18-20-16/h7-9H,4-6H2,1-3H3,(H2,17,18,19,20,22). The third-order valence-electron chi connectivity index (χ3n) is 3.44. The average Bonchev–Trinajstić information content (AvgIpc) is 2.90. The highest BCUT2D eigenvalue weighted by molar-refractivity contribution is 5.99. The summed E-state index contributed by atoms with van der Waals surface area (Å²) < 4.78 is 0. The molecule has 1 amide bonds. The van der Waals surface area contributed by atoms with Crippen LogP contribution in [0.2, 0.25) is 0 Å². The Morgan fingerprint density at radius 3 is 2.41 bits per heavy atom. The Kier molecular flexibility index (Phi) is 5.04. The summed E-state index contributed by atoms with van der Waals surface area (Å²) in [6, 6.07) is 4.02. The lowest BCUT2D eigenvalue weighted by Gasteiger charge is -2.10. The fourth-order valence-electron chi connectivity index (χ4n) is 2.61. The van der Waals surface area contributed by atoms with Gasteiger partial charge in [-0.25, -0.2) is 5.10 Å². The fraction of sp³-hybridized carbons (Fsp3) is 0.375. The Morgan fingerprint density at radius 2 is 1.82 bits per heavy atom. The van der Waals surface area contributed by atoms with E-state index >= 15 is 0 Å². The molecule has 0 bridgehead atoms. The topological polar surface area (TPSA) is 87.7 Å². The zero-order chi connectivity index (χ0) is 16.1. The lowest BCUT2D eigenvalue weighted by molar-refractivity contribution is -0.116. The van der Waals surface area contributed by atoms with Crippen molar-refractivity contribution in [3.63, 3.8) is 0 Å². The van der Waals surface area contributed by atoms with Gasteiger partial charge in [-0.05, 0) is 38.3 Å². The molecule has 2 rings (SSSR count). The predicted octanol–water partition coefficient (Wildman–Crippen LogP) is 2.72. The van der Waals surface area contributed by atoms with Crippen LogP contribution in [0, 0.1) is 20.8 Å². The van der Waals surface area contributed by atoms with E-state index in [1.807, 2.05) is 32.9 Å². The molecule has 1 aromatic carbocycles. The van der Waals surface area contributed by atoms with Crippen molar-refractivity contribution >= 4 is 17.6 Å². The third kappa shape index (κ3) is 4.00. The first-order valence-corrected chi connectivity index (χ1v) is 7.23. The number of nitrogens with one attached hydrogen (secondary N) is 2. The van der Waals surface area contributed by atoms with Crippen molar-refractivity contribution in [3.05, 3.63) is 40.7 Å². The number of nitrogens with zero attached hydrogens (tertiary/aromatic N) is 2. The van der Waals surface area contributed by atoms with Gasteiger partial charge in [0.05, 0.1) is 0 Å². The molecule has 0 spiro atoms. The van der Waals surface area contributed by atoms with Crippen LogP contribution in [0.4, 0.5) is 5.95 Å². The number of ketones is 1. The van der Waals surface area contributed by atoms with Crippen LogP contribution in [-0.2, 0) is 4.79 Å². The molecule has 0 atom stereocenters. The van der Waals surface area contributed by atoms with Gasteiger partial charge in [-0.15, -0.1) is 0 Å². The van der Waals surface area contributed by atoms with E-state index in [-0.39, 0.29) is 18.1 Å². The van der Waals surface area contributed by atoms with Crippen LogP contribution in [0.1, 0.15) is 46.3 Å². The molecular formula is C16H20N4O2. The van der Waals surface area contributed by atoms with E-state index in [0.717, 1.165) is 22.3 Å². The second kappa shape index (κ2) is 6.98. The van der Waals surface area contributed by atoms with Crippen LogP contribution in [0.25, 0.3) is 0 Å². The van der Waals surface area contributed by atoms with Crippen LogP contribution < -0.4 is 5.32 Å². The molecule has 0 aliphatic carbocycles. The summed E-state index contributed by atoms with van der Waals surface area (Å²) in [6.07, 6.45) is 2.46. The van der Waals surface area contributed by atoms with Gasteiger partial charge in [0.25, 0.3) is 0 Å². The number of amides is 1. The third-order valence-corrected chi connectivity index (χ3v) is 3.44. The monoisotopic (exact) mass is 300 g/mol. The Balaban J connectivity index is 1.87. The summed E-state index contributed by atoms with van der Waals surface area (Å²) in [5.41, 5.74) is 3.92. The van der Waals surface area contributed by atoms with Gasteiger partial charge in [0.2, 0.25) is 11.9 Å². The maximum absolute atomic E-state index is 12.3. The molecule has 0 unspecified atom stereocenters. The van der Waals surface area contributed by atoms with Crippen molar-refractivity contribution in [1.82, 2.24) is 15.2 Å². The van der Waals surface area contributed by atoms with Gasteiger partial charge in [0.15, 0.2) is 5.78 Å². The number of carbonyl (C=O) groups excluding carboxylic acids is 2. The number of benzene rings is 1. The SMILES string of the molecule is Cc1cc(C)c(C(=O)CCCC(=O)Nc2ncn[nH]2)c(C)c1. The van der Waals surface area contributed by atoms with Gasteiger partial charge < -0.3 is 0 Å². The molecule has 0 fully saturated rings. The number of Topliss-reactive ketones (excluding diaryl/α,β-unsaturated/α-hetero) is 1. The van der Waals surface area contributed by atoms with Crippen LogP contribution in [0.3, 0.4) is 0 Å². The number of anilines is 1. The highest BCUT2D eigenvalue weighted by Crippen LogP contribution is 2.19. The average molecular weight is 300 g/mol. The normalized spacial score (nSPS) is 10.5. The number of rotatable bonds is 6. The largest absolute Gasteiger partial charge is 0.295 e. The molecule has 1 aromatic heterocycles. The first-order chi connectivity index (χ1) is 10.5. The van der Waals surface area contributed by atoms with Crippen molar-refractivity contribution in [3.8, 4) is 0 Å². The number of aryl methyl sites for hydroxylation is 3. The molecule has 6 nitrogen and oxygen atoms in total. The minimum absolute atomic E-state index is 0.0856. The lowest BCUT2D eigenvalue weighted by atomic mass is 9.94. The molecule has 0 aliphatic rings. The Bertz CT molecular complexity index is 654. The maximum atomic E-state index is 12.3. The molecule has 0 saturated carbocycles. The molecule has 0 saturated heterocycles. The molecule has 116 valence electrons. The van der Waals surface area contributed by atoms with E-state index < -0.39 is 0 Å². The molecule has 6 heteroatoms. The van der Waals surface area contributed by atoms with Crippen LogP contribution in [-0.4, -0.2) is 26.9 Å². The summed E-state index contributed by atoms with van der Waals surface area (Å²) in [4.78, 5) is 27.8. The van der Waals surface area contributed by atoms with Gasteiger partial charge in [-0.3, -0.25) is 14.9 Å². The Hall–Kier alpha value is -2.50. The van der Waals surface area contributed by atoms with E-state index in [0.29, 0.717) is 18.8 Å². The van der Waals surface area contributed by atoms with Crippen molar-refractivity contribution in [2.45, 2.75) is 40.0 Å². The van der Waals surface area contributed by atoms with E-state index in [1.54, 1.807) is 0 Å². The molecule has 2 aromatic rings. The smallest absolute Gasteiger partial charge is 0.226 e. The minimum Gasteiger partial charge on any atom is -0.295 e. The number of hydrogen-bond donors (Lipinski definition) is 2. The molecular weight excluding hydrogens is 280 g/mol. The van der Waals surface area contributed by atoms with E-state index in [1.165, 1.54) is 6.33 Å². The zero-order valence-electron chi connectivity index (χ0n) is 13.1. The highest BCUT2D eigenvalue weighted by atomic mass is 16.1. The van der Waals surface area contributed by atoms with Crippen molar-refractivity contribution in [2.75, 3.05) is 5.32 Å². The maximum Gasteiger partial charge on any atom is 0.226 e. The molecule has 0 aliphatic heterocycles. The quantitative estimate of drug-likeness (QED) is 0.803. The van der Waals surface area contributed by atoms with Crippen LogP contribution >= 0.6 is 0 Å². The summed E-state index contributed by atoms with van der Waals surface area (Å²) in [6.45, 7) is 5.91. The highest BCUT2D eigenvalue weighted by Gasteiger charge is 2.13. The minimum atomic E-state index is -0.179. The van der Waals surface area contributed by atoms with Gasteiger partial charge in [-0.2, -0.15) is 10.1 Å². The number of H-pyrrole nitrogens is 1. The van der Waals surface area contributed by atoms with Gasteiger partial charge in [-0.1, -0.05) is 17.7 Å². The summed E-state index contributed by atoms with van der Waals surface area (Å²) >= 11 is 0. The predicted molar refractivity (Wildman–Crippen MR) is 83.8 cm³/mol. The number of hydrogen-bond acceptors (Lipinski definition) is 4. The zero-order valence-corrected chi connectivity index (χ0v) is 13.1. The second-order valence-corrected chi connectivity index (χ2v) is 5.43. The van der Waals surface area contributed by atoms with Gasteiger partial charge in [0, 0.05) is 18.4 Å². The molecule has 2 N–H and O–H groups in total. The van der Waals surface area contributed by atoms with Crippen molar-refractivity contribution < 1.29 is 9.59 Å². The van der Waals surface area contributed by atoms with E-state index in [4.69, 9.17) is 0 Å². The second-order valence-electron chi connectivity index (χ2n) is 5.43. The van der Waals surface area contributed by atoms with Crippen molar-refractivity contribution in [1.29, 1.82) is 0 Å². The Morgan fingerprint density at radius 1 is 1.14 bits per heavy atom. The fourth-order valence-corrected chi connectivity index (χ4v) is 2.61. The van der Waals surface area contributed by atoms with Gasteiger partial charge in [0.1, 0.15) is 6.33 Å².